The largest absolute Gasteiger partial charge is 0.348 e. The first-order valence-corrected chi connectivity index (χ1v) is 7.65. The molecule has 1 unspecified atom stereocenters. The number of hydrogen-bond donors (Lipinski definition) is 2. The Morgan fingerprint density at radius 1 is 1.48 bits per heavy atom. The number of nitrogens with two attached hydrogens (primary N) is 1. The lowest BCUT2D eigenvalue weighted by atomic mass is 9.84. The highest BCUT2D eigenvalue weighted by Crippen LogP contribution is 2.26. The highest BCUT2D eigenvalue weighted by Gasteiger charge is 2.25. The number of carbonyl (C=O) groups excluding carboxylic acids is 1. The smallest absolute Gasteiger partial charge is 0.288 e. The molecule has 0 saturated heterocycles. The van der Waals surface area contributed by atoms with Crippen LogP contribution in [0.2, 0.25) is 0 Å². The average molecular weight is 343 g/mol. The van der Waals surface area contributed by atoms with Crippen LogP contribution < -0.4 is 11.1 Å². The number of hydrogen-bond acceptors (Lipinski definition) is 5. The molecule has 0 bridgehead atoms. The summed E-state index contributed by atoms with van der Waals surface area (Å²) in [6, 6.07) is 1.18. The number of nitrogens with zero attached hydrogens (tertiary/aromatic N) is 2. The van der Waals surface area contributed by atoms with Crippen molar-refractivity contribution in [2.45, 2.75) is 45.1 Å². The standard InChI is InChI=1S/C15H22N4O3.ClH/c1-10-13(7-12(9-17-10)19(21)22)15(20)18-14(8-16)11-5-3-2-4-6-11;/h7,9,11,14H,2-6,8,16H2,1H3,(H,18,20);1H. The van der Waals surface area contributed by atoms with E-state index in [0.29, 0.717) is 18.2 Å². The minimum atomic E-state index is -0.551. The van der Waals surface area contributed by atoms with Crippen LogP contribution in [-0.2, 0) is 0 Å². The molecule has 1 fully saturated rings. The van der Waals surface area contributed by atoms with Gasteiger partial charge in [0.2, 0.25) is 0 Å². The van der Waals surface area contributed by atoms with E-state index in [1.165, 1.54) is 12.5 Å². The third-order valence-electron chi connectivity index (χ3n) is 4.32. The first-order chi connectivity index (χ1) is 10.5. The van der Waals surface area contributed by atoms with E-state index in [2.05, 4.69) is 10.3 Å². The van der Waals surface area contributed by atoms with Crippen LogP contribution in [0.5, 0.6) is 0 Å². The first kappa shape index (κ1) is 19.3. The average Bonchev–Trinajstić information content (AvgIpc) is 2.53. The normalized spacial score (nSPS) is 16.3. The molecule has 0 radical (unpaired) electrons. The summed E-state index contributed by atoms with van der Waals surface area (Å²) in [7, 11) is 0. The molecular weight excluding hydrogens is 320 g/mol. The van der Waals surface area contributed by atoms with Gasteiger partial charge in [-0.25, -0.2) is 0 Å². The Labute approximate surface area is 141 Å². The van der Waals surface area contributed by atoms with Crippen molar-refractivity contribution in [3.63, 3.8) is 0 Å². The predicted octanol–water partition coefficient (Wildman–Crippen LogP) is 2.36. The number of amides is 1. The number of nitrogens with one attached hydrogen (secondary N) is 1. The van der Waals surface area contributed by atoms with Gasteiger partial charge in [0.05, 0.1) is 16.2 Å². The van der Waals surface area contributed by atoms with Gasteiger partial charge < -0.3 is 11.1 Å². The molecule has 1 amide bonds. The van der Waals surface area contributed by atoms with Crippen molar-refractivity contribution in [3.8, 4) is 0 Å². The second-order valence-corrected chi connectivity index (χ2v) is 5.80. The third-order valence-corrected chi connectivity index (χ3v) is 4.32. The van der Waals surface area contributed by atoms with Crippen molar-refractivity contribution in [1.29, 1.82) is 0 Å². The summed E-state index contributed by atoms with van der Waals surface area (Å²) in [5.74, 6) is 0.0457. The van der Waals surface area contributed by atoms with Crippen LogP contribution in [0.4, 0.5) is 5.69 Å². The molecule has 1 heterocycles. The van der Waals surface area contributed by atoms with E-state index in [0.717, 1.165) is 31.9 Å². The van der Waals surface area contributed by atoms with Gasteiger partial charge in [-0.3, -0.25) is 19.9 Å². The highest BCUT2D eigenvalue weighted by molar-refractivity contribution is 5.96. The summed E-state index contributed by atoms with van der Waals surface area (Å²) in [6.07, 6.45) is 6.84. The van der Waals surface area contributed by atoms with Crippen LogP contribution in [0.1, 0.15) is 48.2 Å². The van der Waals surface area contributed by atoms with E-state index >= 15 is 0 Å². The number of aromatic nitrogens is 1. The molecule has 1 aliphatic carbocycles. The van der Waals surface area contributed by atoms with Gasteiger partial charge in [0, 0.05) is 18.7 Å². The quantitative estimate of drug-likeness (QED) is 0.630. The van der Waals surface area contributed by atoms with Gasteiger partial charge in [0.25, 0.3) is 11.6 Å². The van der Waals surface area contributed by atoms with Crippen LogP contribution in [0, 0.1) is 23.0 Å². The summed E-state index contributed by atoms with van der Waals surface area (Å²) >= 11 is 0. The first-order valence-electron chi connectivity index (χ1n) is 7.65. The van der Waals surface area contributed by atoms with E-state index < -0.39 is 4.92 Å². The molecule has 128 valence electrons. The van der Waals surface area contributed by atoms with Crippen molar-refractivity contribution in [3.05, 3.63) is 33.6 Å². The SMILES string of the molecule is Cc1ncc([N+](=O)[O-])cc1C(=O)NC(CN)C1CCCCC1.Cl. The van der Waals surface area contributed by atoms with Gasteiger partial charge in [-0.2, -0.15) is 0 Å². The van der Waals surface area contributed by atoms with Gasteiger partial charge in [0.1, 0.15) is 6.20 Å². The zero-order valence-electron chi connectivity index (χ0n) is 13.2. The topological polar surface area (TPSA) is 111 Å². The minimum absolute atomic E-state index is 0. The van der Waals surface area contributed by atoms with E-state index in [1.54, 1.807) is 6.92 Å². The van der Waals surface area contributed by atoms with Crippen LogP contribution in [0.15, 0.2) is 12.3 Å². The molecule has 3 N–H and O–H groups in total. The fourth-order valence-electron chi connectivity index (χ4n) is 3.00. The highest BCUT2D eigenvalue weighted by atomic mass is 35.5. The zero-order valence-corrected chi connectivity index (χ0v) is 14.0. The summed E-state index contributed by atoms with van der Waals surface area (Å²) in [5, 5.41) is 13.8. The number of halogens is 1. The van der Waals surface area contributed by atoms with Gasteiger partial charge in [-0.15, -0.1) is 12.4 Å². The lowest BCUT2D eigenvalue weighted by molar-refractivity contribution is -0.385. The fourth-order valence-corrected chi connectivity index (χ4v) is 3.00. The number of carbonyl (C=O) groups is 1. The molecule has 1 atom stereocenters. The summed E-state index contributed by atoms with van der Waals surface area (Å²) < 4.78 is 0. The van der Waals surface area contributed by atoms with Crippen molar-refractivity contribution in [2.24, 2.45) is 11.7 Å². The van der Waals surface area contributed by atoms with Gasteiger partial charge in [0.15, 0.2) is 0 Å². The summed E-state index contributed by atoms with van der Waals surface area (Å²) in [6.45, 7) is 2.04. The molecule has 2 rings (SSSR count). The molecule has 0 spiro atoms. The van der Waals surface area contributed by atoms with Crippen LogP contribution in [0.3, 0.4) is 0 Å². The van der Waals surface area contributed by atoms with Crippen molar-refractivity contribution in [2.75, 3.05) is 6.54 Å². The lowest BCUT2D eigenvalue weighted by Gasteiger charge is -2.30. The lowest BCUT2D eigenvalue weighted by Crippen LogP contribution is -2.46. The van der Waals surface area contributed by atoms with Crippen molar-refractivity contribution < 1.29 is 9.72 Å². The van der Waals surface area contributed by atoms with Crippen LogP contribution in [0.25, 0.3) is 0 Å². The van der Waals surface area contributed by atoms with Gasteiger partial charge in [-0.1, -0.05) is 19.3 Å². The maximum Gasteiger partial charge on any atom is 0.288 e. The molecule has 1 aliphatic rings. The third kappa shape index (κ3) is 4.87. The Bertz CT molecular complexity index is 562. The van der Waals surface area contributed by atoms with E-state index in [4.69, 9.17) is 5.73 Å². The molecule has 23 heavy (non-hydrogen) atoms. The van der Waals surface area contributed by atoms with Crippen LogP contribution >= 0.6 is 12.4 Å². The molecule has 7 nitrogen and oxygen atoms in total. The van der Waals surface area contributed by atoms with E-state index in [9.17, 15) is 14.9 Å². The Morgan fingerprint density at radius 2 is 2.13 bits per heavy atom. The zero-order chi connectivity index (χ0) is 16.1. The molecule has 1 aromatic rings. The number of aryl methyl sites for hydroxylation is 1. The molecule has 8 heteroatoms. The van der Waals surface area contributed by atoms with Crippen molar-refractivity contribution in [1.82, 2.24) is 10.3 Å². The summed E-state index contributed by atoms with van der Waals surface area (Å²) in [4.78, 5) is 26.6. The second kappa shape index (κ2) is 8.79. The summed E-state index contributed by atoms with van der Waals surface area (Å²) in [5.41, 5.74) is 6.34. The Hall–Kier alpha value is -1.73. The van der Waals surface area contributed by atoms with E-state index in [-0.39, 0.29) is 35.6 Å². The molecule has 0 aromatic carbocycles. The second-order valence-electron chi connectivity index (χ2n) is 5.80. The minimum Gasteiger partial charge on any atom is -0.348 e. The predicted molar refractivity (Wildman–Crippen MR) is 89.8 cm³/mol. The van der Waals surface area contributed by atoms with Gasteiger partial charge in [-0.05, 0) is 25.7 Å². The maximum atomic E-state index is 12.4. The Balaban J connectivity index is 0.00000264. The molecular formula is C15H23ClN4O3. The van der Waals surface area contributed by atoms with Crippen molar-refractivity contribution >= 4 is 24.0 Å². The van der Waals surface area contributed by atoms with Gasteiger partial charge >= 0.3 is 0 Å². The Morgan fingerprint density at radius 3 is 2.70 bits per heavy atom. The fraction of sp³-hybridized carbons (Fsp3) is 0.600. The molecule has 0 aliphatic heterocycles. The molecule has 1 aromatic heterocycles. The number of rotatable bonds is 5. The monoisotopic (exact) mass is 342 g/mol. The maximum absolute atomic E-state index is 12.4. The molecule has 1 saturated carbocycles. The van der Waals surface area contributed by atoms with Crippen LogP contribution in [-0.4, -0.2) is 28.4 Å². The number of nitro groups is 1. The number of pyridine rings is 1. The van der Waals surface area contributed by atoms with E-state index in [1.807, 2.05) is 0 Å². The Kier molecular flexibility index (Phi) is 7.38.